The molecule has 2 aromatic carbocycles. The highest BCUT2D eigenvalue weighted by Crippen LogP contribution is 2.47. The number of phenols is 1. The number of phenolic OH excluding ortho intramolecular Hbond substituents is 1. The molecule has 0 spiro atoms. The molecule has 5 nitrogen and oxygen atoms in total. The molecule has 5 heteroatoms. The van der Waals surface area contributed by atoms with Crippen molar-refractivity contribution in [1.82, 2.24) is 5.43 Å². The van der Waals surface area contributed by atoms with Crippen molar-refractivity contribution in [2.75, 3.05) is 18.0 Å². The summed E-state index contributed by atoms with van der Waals surface area (Å²) in [6.07, 6.45) is 2.34. The predicted octanol–water partition coefficient (Wildman–Crippen LogP) is 4.79. The molecular weight excluding hydrogens is 374 g/mol. The van der Waals surface area contributed by atoms with Gasteiger partial charge < -0.3 is 10.0 Å². The largest absolute Gasteiger partial charge is 0.507 e. The second-order valence-electron chi connectivity index (χ2n) is 8.97. The molecule has 0 saturated heterocycles. The minimum absolute atomic E-state index is 0.0405. The Labute approximate surface area is 179 Å². The number of nitrogens with one attached hydrogen (secondary N) is 1. The van der Waals surface area contributed by atoms with Crippen molar-refractivity contribution in [3.63, 3.8) is 0 Å². The van der Waals surface area contributed by atoms with Crippen LogP contribution in [0.15, 0.2) is 47.6 Å². The van der Waals surface area contributed by atoms with Crippen LogP contribution in [0.3, 0.4) is 0 Å². The molecular formula is C25H33N3O2. The number of hydrogen-bond acceptors (Lipinski definition) is 4. The molecule has 2 aromatic rings. The van der Waals surface area contributed by atoms with E-state index in [1.807, 2.05) is 12.1 Å². The van der Waals surface area contributed by atoms with Crippen LogP contribution in [-0.2, 0) is 10.2 Å². The summed E-state index contributed by atoms with van der Waals surface area (Å²) in [5.74, 6) is 0.299. The molecule has 1 aliphatic rings. The number of carbonyl (C=O) groups is 1. The lowest BCUT2D eigenvalue weighted by molar-refractivity contribution is -0.122. The molecule has 1 aliphatic carbocycles. The van der Waals surface area contributed by atoms with Crippen LogP contribution in [0.5, 0.6) is 5.75 Å². The number of hydrogen-bond donors (Lipinski definition) is 2. The summed E-state index contributed by atoms with van der Waals surface area (Å²) in [4.78, 5) is 14.6. The Hall–Kier alpha value is -2.82. The van der Waals surface area contributed by atoms with Gasteiger partial charge in [-0.1, -0.05) is 45.0 Å². The molecule has 2 N–H and O–H groups in total. The van der Waals surface area contributed by atoms with Crippen molar-refractivity contribution in [3.8, 4) is 5.75 Å². The summed E-state index contributed by atoms with van der Waals surface area (Å²) >= 11 is 0. The Balaban J connectivity index is 1.56. The maximum atomic E-state index is 12.4. The Kier molecular flexibility index (Phi) is 6.49. The molecule has 0 aromatic heterocycles. The zero-order valence-corrected chi connectivity index (χ0v) is 18.6. The molecule has 160 valence electrons. The maximum absolute atomic E-state index is 12.4. The summed E-state index contributed by atoms with van der Waals surface area (Å²) in [5, 5.41) is 14.3. The number of hydrazone groups is 1. The molecule has 2 atom stereocenters. The van der Waals surface area contributed by atoms with Crippen LogP contribution in [0.4, 0.5) is 5.69 Å². The smallest absolute Gasteiger partial charge is 0.243 e. The van der Waals surface area contributed by atoms with E-state index >= 15 is 0 Å². The first-order chi connectivity index (χ1) is 14.2. The van der Waals surface area contributed by atoms with Crippen molar-refractivity contribution >= 4 is 17.8 Å². The molecule has 1 fully saturated rings. The van der Waals surface area contributed by atoms with Crippen LogP contribution in [0, 0.1) is 5.92 Å². The average Bonchev–Trinajstić information content (AvgIpc) is 3.51. The van der Waals surface area contributed by atoms with Gasteiger partial charge in [0.2, 0.25) is 5.91 Å². The third kappa shape index (κ3) is 5.02. The van der Waals surface area contributed by atoms with E-state index in [4.69, 9.17) is 0 Å². The Morgan fingerprint density at radius 3 is 2.40 bits per heavy atom. The van der Waals surface area contributed by atoms with Crippen LogP contribution in [0.25, 0.3) is 0 Å². The first-order valence-corrected chi connectivity index (χ1v) is 10.8. The Bertz CT molecular complexity index is 909. The highest BCUT2D eigenvalue weighted by atomic mass is 16.3. The molecule has 30 heavy (non-hydrogen) atoms. The second-order valence-corrected chi connectivity index (χ2v) is 8.97. The minimum atomic E-state index is -0.0737. The summed E-state index contributed by atoms with van der Waals surface area (Å²) in [7, 11) is 0. The van der Waals surface area contributed by atoms with E-state index in [0.29, 0.717) is 5.56 Å². The van der Waals surface area contributed by atoms with E-state index in [2.05, 4.69) is 74.3 Å². The van der Waals surface area contributed by atoms with Crippen molar-refractivity contribution in [3.05, 3.63) is 59.2 Å². The standard InChI is InChI=1S/C25H33N3O2/c1-6-28(7-2)20-13-10-18(23(29)14-20)16-26-27-24(30)22-15-21(22)17-8-11-19(12-9-17)25(3,4)5/h8-14,16,21-22,29H,6-7,15H2,1-5H3,(H,27,30)/b26-16+. The summed E-state index contributed by atoms with van der Waals surface area (Å²) in [6.45, 7) is 12.5. The lowest BCUT2D eigenvalue weighted by Gasteiger charge is -2.21. The molecule has 0 heterocycles. The second kappa shape index (κ2) is 8.90. The summed E-state index contributed by atoms with van der Waals surface area (Å²) in [6, 6.07) is 14.1. The van der Waals surface area contributed by atoms with Crippen molar-refractivity contribution in [2.45, 2.75) is 52.4 Å². The minimum Gasteiger partial charge on any atom is -0.507 e. The molecule has 3 rings (SSSR count). The highest BCUT2D eigenvalue weighted by molar-refractivity contribution is 5.87. The van der Waals surface area contributed by atoms with Gasteiger partial charge in [0.25, 0.3) is 0 Å². The number of benzene rings is 2. The quantitative estimate of drug-likeness (QED) is 0.512. The van der Waals surface area contributed by atoms with E-state index in [0.717, 1.165) is 25.2 Å². The lowest BCUT2D eigenvalue weighted by atomic mass is 9.86. The normalized spacial score (nSPS) is 18.4. The van der Waals surface area contributed by atoms with Gasteiger partial charge in [0.1, 0.15) is 5.75 Å². The predicted molar refractivity (Wildman–Crippen MR) is 123 cm³/mol. The molecule has 1 amide bonds. The number of carbonyl (C=O) groups excluding carboxylic acids is 1. The Morgan fingerprint density at radius 2 is 1.83 bits per heavy atom. The van der Waals surface area contributed by atoms with Gasteiger partial charge in [0, 0.05) is 36.3 Å². The molecule has 0 radical (unpaired) electrons. The van der Waals surface area contributed by atoms with Gasteiger partial charge in [0.15, 0.2) is 0 Å². The van der Waals surface area contributed by atoms with Gasteiger partial charge in [-0.15, -0.1) is 0 Å². The number of amides is 1. The zero-order valence-electron chi connectivity index (χ0n) is 18.6. The van der Waals surface area contributed by atoms with Crippen molar-refractivity contribution in [1.29, 1.82) is 0 Å². The van der Waals surface area contributed by atoms with Gasteiger partial charge in [0.05, 0.1) is 6.21 Å². The van der Waals surface area contributed by atoms with E-state index in [9.17, 15) is 9.90 Å². The van der Waals surface area contributed by atoms with Gasteiger partial charge in [-0.3, -0.25) is 4.79 Å². The maximum Gasteiger partial charge on any atom is 0.243 e. The van der Waals surface area contributed by atoms with Crippen LogP contribution >= 0.6 is 0 Å². The first kappa shape index (κ1) is 21.9. The van der Waals surface area contributed by atoms with Crippen LogP contribution in [-0.4, -0.2) is 30.3 Å². The van der Waals surface area contributed by atoms with E-state index in [1.54, 1.807) is 6.07 Å². The van der Waals surface area contributed by atoms with Crippen LogP contribution < -0.4 is 10.3 Å². The number of nitrogens with zero attached hydrogens (tertiary/aromatic N) is 2. The molecule has 0 aliphatic heterocycles. The number of anilines is 1. The third-order valence-corrected chi connectivity index (χ3v) is 5.85. The Morgan fingerprint density at radius 1 is 1.17 bits per heavy atom. The van der Waals surface area contributed by atoms with Gasteiger partial charge in [-0.2, -0.15) is 5.10 Å². The zero-order chi connectivity index (χ0) is 21.9. The third-order valence-electron chi connectivity index (χ3n) is 5.85. The molecule has 2 unspecified atom stereocenters. The average molecular weight is 408 g/mol. The summed E-state index contributed by atoms with van der Waals surface area (Å²) in [5.41, 5.74) is 6.80. The topological polar surface area (TPSA) is 64.9 Å². The monoisotopic (exact) mass is 407 g/mol. The lowest BCUT2D eigenvalue weighted by Crippen LogP contribution is -2.21. The summed E-state index contributed by atoms with van der Waals surface area (Å²) < 4.78 is 0. The van der Waals surface area contributed by atoms with Crippen LogP contribution in [0.2, 0.25) is 0 Å². The van der Waals surface area contributed by atoms with E-state index < -0.39 is 0 Å². The SMILES string of the molecule is CCN(CC)c1ccc(/C=N/NC(=O)C2CC2c2ccc(C(C)(C)C)cc2)c(O)c1. The van der Waals surface area contributed by atoms with Crippen molar-refractivity contribution < 1.29 is 9.90 Å². The van der Waals surface area contributed by atoms with Gasteiger partial charge in [-0.25, -0.2) is 5.43 Å². The molecule has 0 bridgehead atoms. The van der Waals surface area contributed by atoms with Crippen LogP contribution in [0.1, 0.15) is 63.6 Å². The fraction of sp³-hybridized carbons (Fsp3) is 0.440. The van der Waals surface area contributed by atoms with Crippen molar-refractivity contribution in [2.24, 2.45) is 11.0 Å². The fourth-order valence-corrected chi connectivity index (χ4v) is 3.76. The number of rotatable bonds is 7. The highest BCUT2D eigenvalue weighted by Gasteiger charge is 2.44. The fourth-order valence-electron chi connectivity index (χ4n) is 3.76. The van der Waals surface area contributed by atoms with Gasteiger partial charge in [-0.05, 0) is 54.9 Å². The van der Waals surface area contributed by atoms with Gasteiger partial charge >= 0.3 is 0 Å². The number of aromatic hydroxyl groups is 1. The first-order valence-electron chi connectivity index (χ1n) is 10.8. The van der Waals surface area contributed by atoms with E-state index in [1.165, 1.54) is 17.3 Å². The molecule has 1 saturated carbocycles. The van der Waals surface area contributed by atoms with E-state index in [-0.39, 0.29) is 28.9 Å².